The molecule has 0 aliphatic heterocycles. The normalized spacial score (nSPS) is 42.7. The van der Waals surface area contributed by atoms with Gasteiger partial charge < -0.3 is 15.2 Å². The van der Waals surface area contributed by atoms with Crippen molar-refractivity contribution in [3.8, 4) is 0 Å². The highest BCUT2D eigenvalue weighted by atomic mass is 19.1. The first-order valence-electron chi connectivity index (χ1n) is 24.2. The van der Waals surface area contributed by atoms with Crippen molar-refractivity contribution in [2.24, 2.45) is 68.0 Å². The highest BCUT2D eigenvalue weighted by Crippen LogP contribution is 2.80. The van der Waals surface area contributed by atoms with E-state index in [1.807, 2.05) is 30.3 Å². The number of rotatable bonds is 12. The van der Waals surface area contributed by atoms with Crippen molar-refractivity contribution in [1.82, 2.24) is 5.32 Å². The highest BCUT2D eigenvalue weighted by molar-refractivity contribution is 5.78. The molecule has 1 aromatic carbocycles. The van der Waals surface area contributed by atoms with Crippen molar-refractivity contribution in [2.45, 2.75) is 175 Å². The minimum atomic E-state index is -1.09. The third kappa shape index (κ3) is 6.24. The average Bonchev–Trinajstić information content (AvgIpc) is 4.15. The first-order valence-corrected chi connectivity index (χ1v) is 24.2. The second kappa shape index (κ2) is 14.4. The van der Waals surface area contributed by atoms with Crippen LogP contribution in [0.4, 0.5) is 4.39 Å². The minimum Gasteiger partial charge on any atom is -0.460 e. The first-order chi connectivity index (χ1) is 27.9. The van der Waals surface area contributed by atoms with Crippen LogP contribution in [-0.2, 0) is 16.1 Å². The number of hydrogen-bond acceptors (Lipinski definition) is 4. The van der Waals surface area contributed by atoms with Gasteiger partial charge in [-0.1, -0.05) is 96.2 Å². The Kier molecular flexibility index (Phi) is 10.3. The molecule has 0 unspecified atom stereocenters. The van der Waals surface area contributed by atoms with Crippen LogP contribution >= 0.6 is 0 Å². The second-order valence-electron chi connectivity index (χ2n) is 23.7. The summed E-state index contributed by atoms with van der Waals surface area (Å²) in [6, 6.07) is 9.71. The molecule has 9 rings (SSSR count). The summed E-state index contributed by atoms with van der Waals surface area (Å²) in [6.45, 7) is 23.4. The molecule has 324 valence electrons. The molecule has 59 heavy (non-hydrogen) atoms. The van der Waals surface area contributed by atoms with Crippen LogP contribution in [0.1, 0.15) is 163 Å². The van der Waals surface area contributed by atoms with E-state index in [0.717, 1.165) is 31.4 Å². The summed E-state index contributed by atoms with van der Waals surface area (Å²) in [5.41, 5.74) is 4.58. The molecule has 5 heteroatoms. The first kappa shape index (κ1) is 42.1. The Balaban J connectivity index is 0.951. The molecule has 0 bridgehead atoms. The highest BCUT2D eigenvalue weighted by Gasteiger charge is 2.74. The van der Waals surface area contributed by atoms with Gasteiger partial charge in [-0.2, -0.15) is 0 Å². The number of carbonyl (C=O) groups is 1. The number of halogens is 1. The summed E-state index contributed by atoms with van der Waals surface area (Å²) >= 11 is 0. The van der Waals surface area contributed by atoms with E-state index in [1.54, 1.807) is 0 Å². The van der Waals surface area contributed by atoms with Gasteiger partial charge in [-0.05, 0) is 202 Å². The van der Waals surface area contributed by atoms with E-state index in [1.165, 1.54) is 93.8 Å². The number of nitrogens with one attached hydrogen (secondary N) is 1. The number of esters is 1. The zero-order valence-electron chi connectivity index (χ0n) is 38.0. The second-order valence-corrected chi connectivity index (χ2v) is 23.7. The molecule has 2 N–H and O–H groups in total. The number of fused-ring (bicyclic) bond motifs is 7. The van der Waals surface area contributed by atoms with Crippen molar-refractivity contribution in [3.63, 3.8) is 0 Å². The number of benzene rings is 1. The Morgan fingerprint density at radius 1 is 0.847 bits per heavy atom. The van der Waals surface area contributed by atoms with Crippen LogP contribution in [0.5, 0.6) is 0 Å². The lowest BCUT2D eigenvalue weighted by Gasteiger charge is -2.76. The van der Waals surface area contributed by atoms with Crippen molar-refractivity contribution in [2.75, 3.05) is 13.2 Å². The van der Waals surface area contributed by atoms with Gasteiger partial charge in [-0.25, -0.2) is 4.39 Å². The number of allylic oxidation sites excluding steroid dienone is 5. The van der Waals surface area contributed by atoms with Crippen LogP contribution < -0.4 is 5.32 Å². The lowest BCUT2D eigenvalue weighted by molar-refractivity contribution is -0.257. The van der Waals surface area contributed by atoms with Gasteiger partial charge >= 0.3 is 5.97 Å². The largest absolute Gasteiger partial charge is 0.460 e. The van der Waals surface area contributed by atoms with E-state index in [2.05, 4.69) is 72.5 Å². The predicted molar refractivity (Wildman–Crippen MR) is 237 cm³/mol. The third-order valence-electron chi connectivity index (χ3n) is 20.8. The Bertz CT molecular complexity index is 1860. The molecule has 0 spiro atoms. The average molecular weight is 808 g/mol. The van der Waals surface area contributed by atoms with Gasteiger partial charge in [0.1, 0.15) is 13.3 Å². The third-order valence-corrected chi connectivity index (χ3v) is 20.8. The van der Waals surface area contributed by atoms with Crippen LogP contribution in [-0.4, -0.2) is 35.4 Å². The lowest BCUT2D eigenvalue weighted by Crippen LogP contribution is -2.71. The fourth-order valence-electron chi connectivity index (χ4n) is 17.0. The van der Waals surface area contributed by atoms with Crippen molar-refractivity contribution < 1.29 is 19.0 Å². The van der Waals surface area contributed by atoms with Gasteiger partial charge in [-0.3, -0.25) is 4.79 Å². The van der Waals surface area contributed by atoms with Crippen LogP contribution in [0.15, 0.2) is 65.8 Å². The fraction of sp³-hybridized carbons (Fsp3) is 0.759. The van der Waals surface area contributed by atoms with E-state index in [9.17, 15) is 14.3 Å². The monoisotopic (exact) mass is 808 g/mol. The quantitative estimate of drug-likeness (QED) is 0.163. The molecular formula is C54H78FNO3. The van der Waals surface area contributed by atoms with Crippen molar-refractivity contribution in [1.29, 1.82) is 0 Å². The topological polar surface area (TPSA) is 58.6 Å². The molecule has 8 aliphatic carbocycles. The molecule has 0 saturated heterocycles. The molecule has 0 heterocycles. The Morgan fingerprint density at radius 3 is 2.15 bits per heavy atom. The van der Waals surface area contributed by atoms with Crippen molar-refractivity contribution >= 4 is 5.97 Å². The maximum absolute atomic E-state index is 14.8. The maximum Gasteiger partial charge on any atom is 0.315 e. The summed E-state index contributed by atoms with van der Waals surface area (Å²) in [7, 11) is 0. The molecule has 6 fully saturated rings. The minimum absolute atomic E-state index is 0.00362. The summed E-state index contributed by atoms with van der Waals surface area (Å²) in [5.74, 6) is 3.02. The zero-order chi connectivity index (χ0) is 41.9. The van der Waals surface area contributed by atoms with Gasteiger partial charge in [0, 0.05) is 5.54 Å². The molecule has 0 aromatic heterocycles. The molecular weight excluding hydrogens is 730 g/mol. The van der Waals surface area contributed by atoms with Gasteiger partial charge in [0.2, 0.25) is 0 Å². The van der Waals surface area contributed by atoms with Gasteiger partial charge in [0.25, 0.3) is 0 Å². The fourth-order valence-corrected chi connectivity index (χ4v) is 17.0. The Labute approximate surface area is 357 Å². The lowest BCUT2D eigenvalue weighted by atomic mass is 9.29. The molecule has 4 nitrogen and oxygen atoms in total. The van der Waals surface area contributed by atoms with Gasteiger partial charge in [0.05, 0.1) is 11.0 Å². The molecule has 0 radical (unpaired) electrons. The number of carbonyl (C=O) groups excluding carboxylic acids is 1. The molecule has 8 aliphatic rings. The zero-order valence-corrected chi connectivity index (χ0v) is 38.0. The number of ether oxygens (including phenoxy) is 1. The molecule has 0 amide bonds. The van der Waals surface area contributed by atoms with E-state index >= 15 is 0 Å². The SMILES string of the molecule is C=C(C)[C@@H]1CC[C@]2(NCCC(O)(C3CC3)C3CC3)CC[C@@]3(C)[C@]4(C)CC[C@H]5C(C)(C)C(C6=CC[C@](CF)(C(=O)OCc7ccccc7)CC6)=CC[C@]5(C)[C@H]4CC[C@]3(C)[C@@H]12. The molecule has 6 saturated carbocycles. The van der Waals surface area contributed by atoms with Crippen LogP contribution in [0.25, 0.3) is 0 Å². The van der Waals surface area contributed by atoms with E-state index < -0.39 is 23.7 Å². The number of alkyl halides is 1. The predicted octanol–water partition coefficient (Wildman–Crippen LogP) is 12.7. The Hall–Kier alpha value is -2.24. The smallest absolute Gasteiger partial charge is 0.315 e. The van der Waals surface area contributed by atoms with Crippen LogP contribution in [0, 0.1) is 68.0 Å². The summed E-state index contributed by atoms with van der Waals surface area (Å²) in [5, 5.41) is 16.2. The van der Waals surface area contributed by atoms with E-state index in [4.69, 9.17) is 4.74 Å². The van der Waals surface area contributed by atoms with Crippen molar-refractivity contribution in [3.05, 3.63) is 71.3 Å². The van der Waals surface area contributed by atoms with Crippen LogP contribution in [0.2, 0.25) is 0 Å². The number of hydrogen-bond donors (Lipinski definition) is 2. The summed E-state index contributed by atoms with van der Waals surface area (Å²) in [4.78, 5) is 13.4. The maximum atomic E-state index is 14.8. The van der Waals surface area contributed by atoms with Gasteiger partial charge in [-0.15, -0.1) is 0 Å². The van der Waals surface area contributed by atoms with Crippen LogP contribution in [0.3, 0.4) is 0 Å². The standard InChI is InChI=1S/C54H78FNO3/c1-36(2)41-20-29-53(56-33-32-54(58,39-14-15-39)40-16-17-40)31-30-51(8)49(6)25-22-43-47(3,4)42(21-24-48(43,5)44(49)23-26-50(51,7)45(41)53)38-18-27-52(35-55,28-19-38)46(57)59-34-37-12-10-9-11-13-37/h9-13,18,21,39-41,43-45,56,58H,1,14-17,19-20,22-35H2,2-8H3/t41-,43-,44+,45+,48-,49+,50+,51-,52-,53-/m0/s1. The molecule has 10 atom stereocenters. The van der Waals surface area contributed by atoms with E-state index in [-0.39, 0.29) is 39.2 Å². The summed E-state index contributed by atoms with van der Waals surface area (Å²) in [6.07, 6.45) is 23.4. The summed E-state index contributed by atoms with van der Waals surface area (Å²) < 4.78 is 20.6. The Morgan fingerprint density at radius 2 is 1.53 bits per heavy atom. The van der Waals surface area contributed by atoms with Gasteiger partial charge in [0.15, 0.2) is 0 Å². The number of aliphatic hydroxyl groups is 1. The molecule has 1 aromatic rings. The van der Waals surface area contributed by atoms with E-state index in [0.29, 0.717) is 48.3 Å².